The Balaban J connectivity index is 1.44. The molecule has 0 fully saturated rings. The third kappa shape index (κ3) is 5.60. The molecule has 0 radical (unpaired) electrons. The third-order valence-corrected chi connectivity index (χ3v) is 5.27. The zero-order valence-corrected chi connectivity index (χ0v) is 18.1. The zero-order valence-electron chi connectivity index (χ0n) is 18.1. The zero-order chi connectivity index (χ0) is 21.6. The number of hydrogen-bond acceptors (Lipinski definition) is 4. The fourth-order valence-electron chi connectivity index (χ4n) is 3.48. The molecule has 3 N–H and O–H groups in total. The largest absolute Gasteiger partial charge is 0.383 e. The number of aryl methyl sites for hydroxylation is 1. The molecule has 0 bridgehead atoms. The fraction of sp³-hybridized carbons (Fsp3) is 0.500. The van der Waals surface area contributed by atoms with Gasteiger partial charge in [-0.15, -0.1) is 0 Å². The molecule has 1 amide bonds. The second-order valence-corrected chi connectivity index (χ2v) is 7.92. The summed E-state index contributed by atoms with van der Waals surface area (Å²) in [5.74, 6) is 0.803. The number of aliphatic hydroxyl groups is 1. The molecule has 0 aliphatic carbocycles. The minimum Gasteiger partial charge on any atom is -0.383 e. The van der Waals surface area contributed by atoms with Crippen LogP contribution >= 0.6 is 0 Å². The van der Waals surface area contributed by atoms with E-state index >= 15 is 0 Å². The van der Waals surface area contributed by atoms with Crippen molar-refractivity contribution in [1.29, 1.82) is 0 Å². The van der Waals surface area contributed by atoms with Crippen LogP contribution in [0.2, 0.25) is 0 Å². The highest BCUT2D eigenvalue weighted by Crippen LogP contribution is 2.23. The molecule has 1 aliphatic heterocycles. The molecule has 1 unspecified atom stereocenters. The van der Waals surface area contributed by atoms with E-state index in [4.69, 9.17) is 0 Å². The molecule has 8 nitrogen and oxygen atoms in total. The topological polar surface area (TPSA) is 94.8 Å². The Morgan fingerprint density at radius 2 is 1.97 bits per heavy atom. The number of benzene rings is 1. The van der Waals surface area contributed by atoms with Crippen molar-refractivity contribution in [3.63, 3.8) is 0 Å². The normalized spacial score (nSPS) is 15.6. The highest BCUT2D eigenvalue weighted by molar-refractivity contribution is 5.80. The molecular weight excluding hydrogens is 380 g/mol. The predicted molar refractivity (Wildman–Crippen MR) is 117 cm³/mol. The van der Waals surface area contributed by atoms with Crippen LogP contribution in [0.5, 0.6) is 0 Å². The van der Waals surface area contributed by atoms with Gasteiger partial charge in [0.1, 0.15) is 5.60 Å². The van der Waals surface area contributed by atoms with Crippen LogP contribution in [-0.2, 0) is 30.5 Å². The van der Waals surface area contributed by atoms with Gasteiger partial charge >= 0.3 is 0 Å². The lowest BCUT2D eigenvalue weighted by atomic mass is 10.0. The Bertz CT molecular complexity index is 864. The third-order valence-electron chi connectivity index (χ3n) is 5.27. The van der Waals surface area contributed by atoms with E-state index < -0.39 is 5.60 Å². The van der Waals surface area contributed by atoms with Gasteiger partial charge in [0.25, 0.3) is 0 Å². The van der Waals surface area contributed by atoms with E-state index in [9.17, 15) is 9.90 Å². The number of carbonyl (C=O) groups is 1. The number of nitrogens with zero attached hydrogens (tertiary/aromatic N) is 4. The van der Waals surface area contributed by atoms with Gasteiger partial charge in [-0.3, -0.25) is 9.48 Å². The summed E-state index contributed by atoms with van der Waals surface area (Å²) in [6.45, 7) is 6.68. The van der Waals surface area contributed by atoms with E-state index in [1.54, 1.807) is 24.0 Å². The monoisotopic (exact) mass is 412 g/mol. The van der Waals surface area contributed by atoms with Crippen LogP contribution in [0.15, 0.2) is 41.7 Å². The van der Waals surface area contributed by atoms with E-state index in [1.165, 1.54) is 11.1 Å². The van der Waals surface area contributed by atoms with Crippen LogP contribution in [-0.4, -0.2) is 51.3 Å². The maximum atomic E-state index is 12.5. The average Bonchev–Trinajstić information content (AvgIpc) is 3.35. The average molecular weight is 413 g/mol. The number of aliphatic imine (C=N–C) groups is 1. The molecule has 30 heavy (non-hydrogen) atoms. The lowest BCUT2D eigenvalue weighted by molar-refractivity contribution is -0.131. The lowest BCUT2D eigenvalue weighted by Gasteiger charge is -2.20. The van der Waals surface area contributed by atoms with Crippen LogP contribution in [0.25, 0.3) is 0 Å². The Labute approximate surface area is 178 Å². The molecule has 2 heterocycles. The molecule has 1 aliphatic rings. The van der Waals surface area contributed by atoms with Gasteiger partial charge in [0.15, 0.2) is 5.96 Å². The van der Waals surface area contributed by atoms with Gasteiger partial charge in [0.2, 0.25) is 5.91 Å². The SMILES string of the molecule is CCNC(=NCC(C)(O)c1cnn(C)c1)NCCCC(=O)N1Cc2ccccc2C1. The summed E-state index contributed by atoms with van der Waals surface area (Å²) in [5, 5.41) is 21.2. The first-order valence-electron chi connectivity index (χ1n) is 10.5. The Morgan fingerprint density at radius 3 is 2.57 bits per heavy atom. The minimum atomic E-state index is -1.10. The molecule has 0 spiro atoms. The van der Waals surface area contributed by atoms with Crippen LogP contribution < -0.4 is 10.6 Å². The number of guanidine groups is 1. The highest BCUT2D eigenvalue weighted by atomic mass is 16.3. The molecular formula is C22H32N6O2. The number of hydrogen-bond donors (Lipinski definition) is 3. The molecule has 1 aromatic heterocycles. The van der Waals surface area contributed by atoms with Crippen LogP contribution in [0.3, 0.4) is 0 Å². The van der Waals surface area contributed by atoms with Gasteiger partial charge in [0.05, 0.1) is 12.7 Å². The fourth-order valence-corrected chi connectivity index (χ4v) is 3.48. The summed E-state index contributed by atoms with van der Waals surface area (Å²) in [7, 11) is 1.82. The molecule has 0 saturated heterocycles. The molecule has 8 heteroatoms. The lowest BCUT2D eigenvalue weighted by Crippen LogP contribution is -2.39. The number of carbonyl (C=O) groups excluding carboxylic acids is 1. The van der Waals surface area contributed by atoms with Gasteiger partial charge < -0.3 is 20.6 Å². The number of aromatic nitrogens is 2. The van der Waals surface area contributed by atoms with Crippen molar-refractivity contribution >= 4 is 11.9 Å². The minimum absolute atomic E-state index is 0.175. The molecule has 0 saturated carbocycles. The van der Waals surface area contributed by atoms with Crippen LogP contribution in [0.1, 0.15) is 43.4 Å². The van der Waals surface area contributed by atoms with Gasteiger partial charge in [0, 0.05) is 51.4 Å². The summed E-state index contributed by atoms with van der Waals surface area (Å²) in [4.78, 5) is 18.9. The molecule has 1 atom stereocenters. The van der Waals surface area contributed by atoms with Crippen molar-refractivity contribution in [1.82, 2.24) is 25.3 Å². The first-order chi connectivity index (χ1) is 14.4. The summed E-state index contributed by atoms with van der Waals surface area (Å²) in [6, 6.07) is 8.21. The van der Waals surface area contributed by atoms with Crippen molar-refractivity contribution in [3.05, 3.63) is 53.3 Å². The second kappa shape index (κ2) is 9.75. The van der Waals surface area contributed by atoms with Crippen molar-refractivity contribution in [2.75, 3.05) is 19.6 Å². The van der Waals surface area contributed by atoms with E-state index in [-0.39, 0.29) is 12.5 Å². The number of rotatable bonds is 8. The van der Waals surface area contributed by atoms with E-state index in [0.29, 0.717) is 38.6 Å². The smallest absolute Gasteiger partial charge is 0.223 e. The van der Waals surface area contributed by atoms with Gasteiger partial charge in [-0.2, -0.15) is 5.10 Å². The van der Waals surface area contributed by atoms with Gasteiger partial charge in [-0.1, -0.05) is 24.3 Å². The van der Waals surface area contributed by atoms with Crippen molar-refractivity contribution < 1.29 is 9.90 Å². The van der Waals surface area contributed by atoms with E-state index in [2.05, 4.69) is 32.9 Å². The van der Waals surface area contributed by atoms with Crippen molar-refractivity contribution in [2.24, 2.45) is 12.0 Å². The standard InChI is InChI=1S/C22H32N6O2/c1-4-23-21(25-16-22(2,30)19-12-26-27(3)15-19)24-11-7-10-20(29)28-13-17-8-5-6-9-18(17)14-28/h5-6,8-9,12,15,30H,4,7,10-11,13-14,16H2,1-3H3,(H2,23,24,25). The summed E-state index contributed by atoms with van der Waals surface area (Å²) < 4.78 is 1.66. The predicted octanol–water partition coefficient (Wildman–Crippen LogP) is 1.51. The number of fused-ring (bicyclic) bond motifs is 1. The molecule has 162 valence electrons. The summed E-state index contributed by atoms with van der Waals surface area (Å²) in [6.07, 6.45) is 4.65. The maximum absolute atomic E-state index is 12.5. The van der Waals surface area contributed by atoms with E-state index in [1.807, 2.05) is 31.0 Å². The van der Waals surface area contributed by atoms with Crippen molar-refractivity contribution in [2.45, 2.75) is 45.4 Å². The van der Waals surface area contributed by atoms with E-state index in [0.717, 1.165) is 12.0 Å². The quantitative estimate of drug-likeness (QED) is 0.347. The summed E-state index contributed by atoms with van der Waals surface area (Å²) >= 11 is 0. The first-order valence-corrected chi connectivity index (χ1v) is 10.5. The van der Waals surface area contributed by atoms with Crippen LogP contribution in [0, 0.1) is 0 Å². The molecule has 1 aromatic carbocycles. The van der Waals surface area contributed by atoms with Crippen LogP contribution in [0.4, 0.5) is 0 Å². The molecule has 3 rings (SSSR count). The Hall–Kier alpha value is -2.87. The molecule has 2 aromatic rings. The summed E-state index contributed by atoms with van der Waals surface area (Å²) in [5.41, 5.74) is 2.11. The Morgan fingerprint density at radius 1 is 1.27 bits per heavy atom. The van der Waals surface area contributed by atoms with Gasteiger partial charge in [-0.05, 0) is 31.4 Å². The highest BCUT2D eigenvalue weighted by Gasteiger charge is 2.25. The number of amides is 1. The maximum Gasteiger partial charge on any atom is 0.223 e. The first kappa shape index (κ1) is 21.8. The van der Waals surface area contributed by atoms with Crippen molar-refractivity contribution in [3.8, 4) is 0 Å². The van der Waals surface area contributed by atoms with Gasteiger partial charge in [-0.25, -0.2) is 4.99 Å². The Kier molecular flexibility index (Phi) is 7.10. The number of nitrogens with one attached hydrogen (secondary N) is 2. The second-order valence-electron chi connectivity index (χ2n) is 7.92.